The highest BCUT2D eigenvalue weighted by atomic mass is 79.9. The number of fused-ring (bicyclic) bond motifs is 2. The minimum Gasteiger partial charge on any atom is -0.478 e. The number of benzene rings is 1. The van der Waals surface area contributed by atoms with Gasteiger partial charge in [-0.2, -0.15) is 0 Å². The van der Waals surface area contributed by atoms with E-state index in [0.29, 0.717) is 17.4 Å². The molecular formula is C13H14BrNO3. The standard InChI is InChI=1S/C13H14BrNO3/c14-7-1-3-10(9(5-7)13(16)17)15-11-6-8-2-4-12(11)18-8/h1,3,5,8,11-12,15H,2,4,6H2,(H,16,17). The van der Waals surface area contributed by atoms with Crippen molar-refractivity contribution in [3.63, 3.8) is 0 Å². The molecule has 3 atom stereocenters. The molecule has 96 valence electrons. The van der Waals surface area contributed by atoms with Crippen LogP contribution in [0.2, 0.25) is 0 Å². The monoisotopic (exact) mass is 311 g/mol. The lowest BCUT2D eigenvalue weighted by molar-refractivity contribution is 0.0697. The number of hydrogen-bond donors (Lipinski definition) is 2. The van der Waals surface area contributed by atoms with Gasteiger partial charge in [-0.25, -0.2) is 4.79 Å². The lowest BCUT2D eigenvalue weighted by Gasteiger charge is -2.22. The maximum Gasteiger partial charge on any atom is 0.337 e. The molecule has 2 aliphatic rings. The number of aromatic carboxylic acids is 1. The number of carboxylic acids is 1. The zero-order chi connectivity index (χ0) is 12.7. The van der Waals surface area contributed by atoms with Crippen molar-refractivity contribution in [3.05, 3.63) is 28.2 Å². The van der Waals surface area contributed by atoms with Gasteiger partial charge < -0.3 is 15.2 Å². The molecule has 5 heteroatoms. The first-order chi connectivity index (χ1) is 8.63. The molecule has 2 N–H and O–H groups in total. The molecule has 2 aliphatic heterocycles. The van der Waals surface area contributed by atoms with Gasteiger partial charge in [-0.3, -0.25) is 0 Å². The summed E-state index contributed by atoms with van der Waals surface area (Å²) < 4.78 is 6.53. The van der Waals surface area contributed by atoms with Gasteiger partial charge in [-0.15, -0.1) is 0 Å². The third-order valence-corrected chi connectivity index (χ3v) is 4.15. The molecule has 0 aromatic heterocycles. The van der Waals surface area contributed by atoms with Crippen LogP contribution in [0.25, 0.3) is 0 Å². The van der Waals surface area contributed by atoms with Crippen LogP contribution < -0.4 is 5.32 Å². The molecule has 1 aromatic rings. The third-order valence-electron chi connectivity index (χ3n) is 3.66. The Kier molecular flexibility index (Phi) is 3.03. The summed E-state index contributed by atoms with van der Waals surface area (Å²) in [6, 6.07) is 5.52. The predicted molar refractivity (Wildman–Crippen MR) is 71.0 cm³/mol. The first-order valence-electron chi connectivity index (χ1n) is 6.08. The van der Waals surface area contributed by atoms with Gasteiger partial charge in [0, 0.05) is 10.2 Å². The van der Waals surface area contributed by atoms with Crippen LogP contribution in [0.3, 0.4) is 0 Å². The van der Waals surface area contributed by atoms with E-state index in [4.69, 9.17) is 4.74 Å². The van der Waals surface area contributed by atoms with Crippen LogP contribution in [0.1, 0.15) is 29.6 Å². The highest BCUT2D eigenvalue weighted by molar-refractivity contribution is 9.10. The smallest absolute Gasteiger partial charge is 0.337 e. The van der Waals surface area contributed by atoms with Crippen LogP contribution in [0.15, 0.2) is 22.7 Å². The number of carbonyl (C=O) groups is 1. The molecule has 2 saturated heterocycles. The van der Waals surface area contributed by atoms with E-state index in [1.165, 1.54) is 0 Å². The zero-order valence-corrected chi connectivity index (χ0v) is 11.3. The van der Waals surface area contributed by atoms with E-state index in [1.54, 1.807) is 12.1 Å². The number of halogens is 1. The van der Waals surface area contributed by atoms with E-state index in [-0.39, 0.29) is 12.1 Å². The van der Waals surface area contributed by atoms with Crippen LogP contribution in [-0.4, -0.2) is 29.3 Å². The zero-order valence-electron chi connectivity index (χ0n) is 9.73. The van der Waals surface area contributed by atoms with Crippen molar-refractivity contribution in [1.29, 1.82) is 0 Å². The average Bonchev–Trinajstić information content (AvgIpc) is 2.93. The van der Waals surface area contributed by atoms with E-state index >= 15 is 0 Å². The van der Waals surface area contributed by atoms with E-state index in [1.807, 2.05) is 6.07 Å². The summed E-state index contributed by atoms with van der Waals surface area (Å²) in [5.41, 5.74) is 0.971. The molecule has 1 aromatic carbocycles. The van der Waals surface area contributed by atoms with Crippen molar-refractivity contribution in [2.45, 2.75) is 37.5 Å². The third kappa shape index (κ3) is 2.12. The van der Waals surface area contributed by atoms with E-state index < -0.39 is 5.97 Å². The second kappa shape index (κ2) is 4.55. The minimum atomic E-state index is -0.914. The summed E-state index contributed by atoms with van der Waals surface area (Å²) in [5, 5.41) is 12.5. The Hall–Kier alpha value is -1.07. The molecule has 2 bridgehead atoms. The Morgan fingerprint density at radius 3 is 2.89 bits per heavy atom. The number of ether oxygens (including phenoxy) is 1. The molecule has 0 radical (unpaired) electrons. The van der Waals surface area contributed by atoms with Crippen molar-refractivity contribution in [2.24, 2.45) is 0 Å². The SMILES string of the molecule is O=C(O)c1cc(Br)ccc1NC1CC2CCC1O2. The Morgan fingerprint density at radius 2 is 2.28 bits per heavy atom. The van der Waals surface area contributed by atoms with Gasteiger partial charge in [-0.05, 0) is 37.5 Å². The summed E-state index contributed by atoms with van der Waals surface area (Å²) in [4.78, 5) is 11.2. The fraction of sp³-hybridized carbons (Fsp3) is 0.462. The highest BCUT2D eigenvalue weighted by Gasteiger charge is 2.40. The van der Waals surface area contributed by atoms with E-state index in [0.717, 1.165) is 23.7 Å². The summed E-state index contributed by atoms with van der Waals surface area (Å²) >= 11 is 3.29. The van der Waals surface area contributed by atoms with Gasteiger partial charge in [0.2, 0.25) is 0 Å². The number of nitrogens with one attached hydrogen (secondary N) is 1. The van der Waals surface area contributed by atoms with Crippen molar-refractivity contribution >= 4 is 27.6 Å². The number of anilines is 1. The van der Waals surface area contributed by atoms with Crippen LogP contribution in [-0.2, 0) is 4.74 Å². The Morgan fingerprint density at radius 1 is 1.44 bits per heavy atom. The summed E-state index contributed by atoms with van der Waals surface area (Å²) in [6.45, 7) is 0. The van der Waals surface area contributed by atoms with Crippen molar-refractivity contribution in [2.75, 3.05) is 5.32 Å². The van der Waals surface area contributed by atoms with Crippen LogP contribution in [0.4, 0.5) is 5.69 Å². The predicted octanol–water partition coefficient (Wildman–Crippen LogP) is 2.88. The average molecular weight is 312 g/mol. The first-order valence-corrected chi connectivity index (χ1v) is 6.87. The largest absolute Gasteiger partial charge is 0.478 e. The molecule has 2 fully saturated rings. The molecule has 0 aliphatic carbocycles. The second-order valence-corrected chi connectivity index (χ2v) is 5.77. The van der Waals surface area contributed by atoms with Gasteiger partial charge >= 0.3 is 5.97 Å². The van der Waals surface area contributed by atoms with Gasteiger partial charge in [0.05, 0.1) is 23.8 Å². The Balaban J connectivity index is 1.82. The highest BCUT2D eigenvalue weighted by Crippen LogP contribution is 2.36. The van der Waals surface area contributed by atoms with Crippen LogP contribution in [0.5, 0.6) is 0 Å². The minimum absolute atomic E-state index is 0.236. The lowest BCUT2D eigenvalue weighted by atomic mass is 9.95. The van der Waals surface area contributed by atoms with Gasteiger partial charge in [0.15, 0.2) is 0 Å². The second-order valence-electron chi connectivity index (χ2n) is 4.86. The maximum atomic E-state index is 11.2. The molecule has 3 rings (SSSR count). The fourth-order valence-electron chi connectivity index (χ4n) is 2.81. The van der Waals surface area contributed by atoms with Crippen molar-refractivity contribution < 1.29 is 14.6 Å². The fourth-order valence-corrected chi connectivity index (χ4v) is 3.17. The van der Waals surface area contributed by atoms with Crippen LogP contribution in [0, 0.1) is 0 Å². The summed E-state index contributed by atoms with van der Waals surface area (Å²) in [6.07, 6.45) is 3.77. The van der Waals surface area contributed by atoms with Gasteiger partial charge in [0.25, 0.3) is 0 Å². The van der Waals surface area contributed by atoms with Gasteiger partial charge in [0.1, 0.15) is 0 Å². The molecule has 0 spiro atoms. The summed E-state index contributed by atoms with van der Waals surface area (Å²) in [7, 11) is 0. The topological polar surface area (TPSA) is 58.6 Å². The normalized spacial score (nSPS) is 29.5. The maximum absolute atomic E-state index is 11.2. The quantitative estimate of drug-likeness (QED) is 0.901. The Bertz CT molecular complexity index is 491. The van der Waals surface area contributed by atoms with Crippen molar-refractivity contribution in [1.82, 2.24) is 0 Å². The number of hydrogen-bond acceptors (Lipinski definition) is 3. The molecular weight excluding hydrogens is 298 g/mol. The molecule has 0 saturated carbocycles. The Labute approximate surface area is 113 Å². The van der Waals surface area contributed by atoms with Crippen LogP contribution >= 0.6 is 15.9 Å². The molecule has 2 heterocycles. The molecule has 3 unspecified atom stereocenters. The molecule has 0 amide bonds. The van der Waals surface area contributed by atoms with Gasteiger partial charge in [-0.1, -0.05) is 15.9 Å². The van der Waals surface area contributed by atoms with Crippen molar-refractivity contribution in [3.8, 4) is 0 Å². The van der Waals surface area contributed by atoms with E-state index in [9.17, 15) is 9.90 Å². The van der Waals surface area contributed by atoms with E-state index in [2.05, 4.69) is 21.2 Å². The lowest BCUT2D eigenvalue weighted by Crippen LogP contribution is -2.31. The number of carboxylic acid groups (broad SMARTS) is 1. The first kappa shape index (κ1) is 12.0. The number of rotatable bonds is 3. The molecule has 4 nitrogen and oxygen atoms in total. The molecule has 18 heavy (non-hydrogen) atoms. The summed E-state index contributed by atoms with van der Waals surface area (Å²) in [5.74, 6) is -0.914.